The van der Waals surface area contributed by atoms with Crippen LogP contribution in [-0.4, -0.2) is 36.6 Å². The summed E-state index contributed by atoms with van der Waals surface area (Å²) in [6.45, 7) is 6.41. The molecule has 2 aliphatic rings. The van der Waals surface area contributed by atoms with Crippen molar-refractivity contribution in [3.05, 3.63) is 29.8 Å². The first kappa shape index (κ1) is 19.4. The summed E-state index contributed by atoms with van der Waals surface area (Å²) in [6, 6.07) is 7.55. The lowest BCUT2D eigenvalue weighted by Gasteiger charge is -2.45. The van der Waals surface area contributed by atoms with E-state index in [-0.39, 0.29) is 11.9 Å². The van der Waals surface area contributed by atoms with Crippen LogP contribution in [0.25, 0.3) is 0 Å². The molecular formula is C22H33NO3. The second-order valence-corrected chi connectivity index (χ2v) is 9.60. The maximum atomic E-state index is 12.2. The monoisotopic (exact) mass is 359 g/mol. The standard InChI is InChI=1S/C22H33NO3/c1-21(2,3)20(24)26-18-8-6-7-17(12-18)22(25)13-15-9-10-16(11-15)19(22)14-23(4)5/h6-8,12,15-16,19,25H,9-11,13-14H2,1-5H3/t15-,16+,19-,22-/m0/s1. The van der Waals surface area contributed by atoms with E-state index in [1.54, 1.807) is 6.07 Å². The van der Waals surface area contributed by atoms with E-state index in [0.717, 1.165) is 18.5 Å². The van der Waals surface area contributed by atoms with Crippen molar-refractivity contribution in [2.45, 2.75) is 52.1 Å². The van der Waals surface area contributed by atoms with Gasteiger partial charge >= 0.3 is 5.97 Å². The summed E-state index contributed by atoms with van der Waals surface area (Å²) in [5, 5.41) is 11.8. The van der Waals surface area contributed by atoms with Gasteiger partial charge in [0.25, 0.3) is 0 Å². The summed E-state index contributed by atoms with van der Waals surface area (Å²) in [7, 11) is 4.14. The number of fused-ring (bicyclic) bond motifs is 2. The molecule has 0 saturated heterocycles. The molecule has 26 heavy (non-hydrogen) atoms. The summed E-state index contributed by atoms with van der Waals surface area (Å²) in [4.78, 5) is 14.4. The minimum Gasteiger partial charge on any atom is -0.426 e. The average molecular weight is 360 g/mol. The van der Waals surface area contributed by atoms with Crippen LogP contribution in [0.3, 0.4) is 0 Å². The van der Waals surface area contributed by atoms with E-state index >= 15 is 0 Å². The quantitative estimate of drug-likeness (QED) is 0.656. The first-order valence-corrected chi connectivity index (χ1v) is 9.79. The minimum absolute atomic E-state index is 0.213. The Hall–Kier alpha value is -1.39. The molecule has 1 N–H and O–H groups in total. The Morgan fingerprint density at radius 2 is 2.04 bits per heavy atom. The zero-order chi connectivity index (χ0) is 19.1. The highest BCUT2D eigenvalue weighted by Gasteiger charge is 2.51. The molecular weight excluding hydrogens is 326 g/mol. The smallest absolute Gasteiger partial charge is 0.316 e. The Morgan fingerprint density at radius 3 is 2.69 bits per heavy atom. The second-order valence-electron chi connectivity index (χ2n) is 9.60. The van der Waals surface area contributed by atoms with Gasteiger partial charge in [0.15, 0.2) is 0 Å². The van der Waals surface area contributed by atoms with Crippen LogP contribution in [0, 0.1) is 23.2 Å². The van der Waals surface area contributed by atoms with E-state index in [4.69, 9.17) is 4.74 Å². The molecule has 2 saturated carbocycles. The van der Waals surface area contributed by atoms with Crippen molar-refractivity contribution >= 4 is 5.97 Å². The second kappa shape index (κ2) is 6.97. The molecule has 2 aliphatic carbocycles. The third kappa shape index (κ3) is 3.81. The fraction of sp³-hybridized carbons (Fsp3) is 0.682. The average Bonchev–Trinajstić information content (AvgIpc) is 2.94. The molecule has 2 fully saturated rings. The van der Waals surface area contributed by atoms with Crippen LogP contribution < -0.4 is 4.74 Å². The first-order valence-electron chi connectivity index (χ1n) is 9.79. The van der Waals surface area contributed by atoms with Gasteiger partial charge in [0.2, 0.25) is 0 Å². The lowest BCUT2D eigenvalue weighted by atomic mass is 9.66. The summed E-state index contributed by atoms with van der Waals surface area (Å²) in [5.41, 5.74) is -0.511. The molecule has 0 aromatic heterocycles. The fourth-order valence-electron chi connectivity index (χ4n) is 4.76. The van der Waals surface area contributed by atoms with Crippen LogP contribution in [0.2, 0.25) is 0 Å². The molecule has 1 aromatic rings. The van der Waals surface area contributed by atoms with Crippen LogP contribution in [0.5, 0.6) is 5.75 Å². The van der Waals surface area contributed by atoms with Gasteiger partial charge in [-0.25, -0.2) is 0 Å². The Morgan fingerprint density at radius 1 is 1.31 bits per heavy atom. The fourth-order valence-corrected chi connectivity index (χ4v) is 4.76. The third-order valence-corrected chi connectivity index (χ3v) is 6.08. The summed E-state index contributed by atoms with van der Waals surface area (Å²) in [5.74, 6) is 1.66. The van der Waals surface area contributed by atoms with Crippen LogP contribution >= 0.6 is 0 Å². The van der Waals surface area contributed by atoms with Crippen molar-refractivity contribution in [3.63, 3.8) is 0 Å². The molecule has 144 valence electrons. The maximum Gasteiger partial charge on any atom is 0.316 e. The lowest BCUT2D eigenvalue weighted by molar-refractivity contribution is -0.143. The number of hydrogen-bond acceptors (Lipinski definition) is 4. The zero-order valence-corrected chi connectivity index (χ0v) is 16.8. The molecule has 4 heteroatoms. The van der Waals surface area contributed by atoms with Crippen LogP contribution in [0.1, 0.15) is 52.0 Å². The molecule has 0 radical (unpaired) electrons. The Kier molecular flexibility index (Phi) is 5.19. The maximum absolute atomic E-state index is 12.2. The van der Waals surface area contributed by atoms with E-state index in [1.165, 1.54) is 19.3 Å². The predicted molar refractivity (Wildman–Crippen MR) is 103 cm³/mol. The van der Waals surface area contributed by atoms with E-state index < -0.39 is 11.0 Å². The number of aliphatic hydroxyl groups is 1. The van der Waals surface area contributed by atoms with E-state index in [2.05, 4.69) is 19.0 Å². The highest BCUT2D eigenvalue weighted by Crippen LogP contribution is 2.54. The van der Waals surface area contributed by atoms with Gasteiger partial charge < -0.3 is 14.7 Å². The van der Waals surface area contributed by atoms with Gasteiger partial charge in [-0.3, -0.25) is 4.79 Å². The van der Waals surface area contributed by atoms with E-state index in [9.17, 15) is 9.90 Å². The molecule has 1 aromatic carbocycles. The molecule has 0 spiro atoms. The molecule has 4 nitrogen and oxygen atoms in total. The molecule has 0 aliphatic heterocycles. The number of rotatable bonds is 4. The van der Waals surface area contributed by atoms with Crippen molar-refractivity contribution in [2.24, 2.45) is 23.2 Å². The number of hydrogen-bond donors (Lipinski definition) is 1. The molecule has 4 atom stereocenters. The van der Waals surface area contributed by atoms with E-state index in [1.807, 2.05) is 39.0 Å². The van der Waals surface area contributed by atoms with Crippen molar-refractivity contribution in [1.29, 1.82) is 0 Å². The van der Waals surface area contributed by atoms with Crippen molar-refractivity contribution < 1.29 is 14.6 Å². The van der Waals surface area contributed by atoms with Gasteiger partial charge in [0.1, 0.15) is 5.75 Å². The van der Waals surface area contributed by atoms with Crippen LogP contribution in [-0.2, 0) is 10.4 Å². The molecule has 0 unspecified atom stereocenters. The Balaban J connectivity index is 1.90. The van der Waals surface area contributed by atoms with Crippen LogP contribution in [0.4, 0.5) is 0 Å². The third-order valence-electron chi connectivity index (χ3n) is 6.08. The lowest BCUT2D eigenvalue weighted by Crippen LogP contribution is -2.47. The number of nitrogens with zero attached hydrogens (tertiary/aromatic N) is 1. The minimum atomic E-state index is -0.849. The topological polar surface area (TPSA) is 49.8 Å². The summed E-state index contributed by atoms with van der Waals surface area (Å²) in [6.07, 6.45) is 4.47. The molecule has 2 bridgehead atoms. The zero-order valence-electron chi connectivity index (χ0n) is 16.8. The molecule has 0 amide bonds. The number of esters is 1. The van der Waals surface area contributed by atoms with Gasteiger partial charge in [0, 0.05) is 12.5 Å². The Labute approximate surface area is 157 Å². The van der Waals surface area contributed by atoms with Crippen molar-refractivity contribution in [3.8, 4) is 5.75 Å². The van der Waals surface area contributed by atoms with Gasteiger partial charge in [-0.2, -0.15) is 0 Å². The Bertz CT molecular complexity index is 664. The highest BCUT2D eigenvalue weighted by molar-refractivity contribution is 5.77. The van der Waals surface area contributed by atoms with Gasteiger partial charge in [-0.05, 0) is 83.7 Å². The number of carbonyl (C=O) groups excluding carboxylic acids is 1. The number of ether oxygens (including phenoxy) is 1. The predicted octanol–water partition coefficient (Wildman–Crippen LogP) is 3.82. The van der Waals surface area contributed by atoms with Gasteiger partial charge in [-0.1, -0.05) is 18.6 Å². The first-order chi connectivity index (χ1) is 12.1. The number of benzene rings is 1. The van der Waals surface area contributed by atoms with Crippen LogP contribution in [0.15, 0.2) is 24.3 Å². The van der Waals surface area contributed by atoms with Crippen molar-refractivity contribution in [2.75, 3.05) is 20.6 Å². The molecule has 0 heterocycles. The molecule has 3 rings (SSSR count). The van der Waals surface area contributed by atoms with E-state index in [0.29, 0.717) is 17.6 Å². The summed E-state index contributed by atoms with van der Waals surface area (Å²) >= 11 is 0. The van der Waals surface area contributed by atoms with Gasteiger partial charge in [0.05, 0.1) is 11.0 Å². The highest BCUT2D eigenvalue weighted by atomic mass is 16.5. The number of carbonyl (C=O) groups is 1. The van der Waals surface area contributed by atoms with Gasteiger partial charge in [-0.15, -0.1) is 0 Å². The normalized spacial score (nSPS) is 31.3. The SMILES string of the molecule is CN(C)C[C@H]1[C@@H]2CC[C@@H](C2)C[C@]1(O)c1cccc(OC(=O)C(C)(C)C)c1. The summed E-state index contributed by atoms with van der Waals surface area (Å²) < 4.78 is 5.58. The largest absolute Gasteiger partial charge is 0.426 e. The van der Waals surface area contributed by atoms with Crippen molar-refractivity contribution in [1.82, 2.24) is 4.90 Å².